The van der Waals surface area contributed by atoms with Crippen molar-refractivity contribution in [1.29, 1.82) is 0 Å². The van der Waals surface area contributed by atoms with Crippen molar-refractivity contribution in [2.24, 2.45) is 0 Å². The van der Waals surface area contributed by atoms with Crippen molar-refractivity contribution in [3.63, 3.8) is 0 Å². The van der Waals surface area contributed by atoms with Gasteiger partial charge in [-0.25, -0.2) is 4.39 Å². The third kappa shape index (κ3) is 5.94. The van der Waals surface area contributed by atoms with Gasteiger partial charge in [0, 0.05) is 23.1 Å². The van der Waals surface area contributed by atoms with Gasteiger partial charge in [-0.05, 0) is 42.2 Å². The molecular formula is C18H20FNO2S. The molecule has 2 aromatic rings. The lowest BCUT2D eigenvalue weighted by atomic mass is 10.1. The van der Waals surface area contributed by atoms with Crippen LogP contribution in [0.25, 0.3) is 0 Å². The third-order valence-corrected chi connectivity index (χ3v) is 4.75. The molecule has 0 bridgehead atoms. The van der Waals surface area contributed by atoms with Crippen molar-refractivity contribution in [3.05, 3.63) is 71.0 Å². The number of halogens is 1. The number of hydrogen-bond acceptors (Lipinski definition) is 2. The Morgan fingerprint density at radius 1 is 1.13 bits per heavy atom. The molecule has 2 rings (SSSR count). The Labute approximate surface area is 138 Å². The highest BCUT2D eigenvalue weighted by Crippen LogP contribution is 2.07. The van der Waals surface area contributed by atoms with E-state index in [0.717, 1.165) is 12.0 Å². The average Bonchev–Trinajstić information content (AvgIpc) is 2.51. The zero-order valence-corrected chi connectivity index (χ0v) is 13.9. The van der Waals surface area contributed by atoms with Crippen molar-refractivity contribution in [2.75, 3.05) is 12.3 Å². The molecule has 0 spiro atoms. The Hall–Kier alpha value is -2.01. The highest BCUT2D eigenvalue weighted by Gasteiger charge is 2.09. The van der Waals surface area contributed by atoms with Crippen LogP contribution in [-0.4, -0.2) is 22.4 Å². The van der Waals surface area contributed by atoms with E-state index >= 15 is 0 Å². The minimum atomic E-state index is -1.29. The van der Waals surface area contributed by atoms with Crippen LogP contribution in [0.4, 0.5) is 4.39 Å². The van der Waals surface area contributed by atoms with Crippen molar-refractivity contribution in [1.82, 2.24) is 5.32 Å². The monoisotopic (exact) mass is 333 g/mol. The zero-order valence-electron chi connectivity index (χ0n) is 13.0. The van der Waals surface area contributed by atoms with Gasteiger partial charge in [-0.3, -0.25) is 9.00 Å². The van der Waals surface area contributed by atoms with Gasteiger partial charge in [0.15, 0.2) is 0 Å². The normalized spacial score (nSPS) is 11.9. The Balaban J connectivity index is 1.73. The molecule has 1 unspecified atom stereocenters. The summed E-state index contributed by atoms with van der Waals surface area (Å²) in [4.78, 5) is 11.8. The third-order valence-electron chi connectivity index (χ3n) is 3.51. The van der Waals surface area contributed by atoms with E-state index in [9.17, 15) is 13.4 Å². The number of carbonyl (C=O) groups excluding carboxylic acids is 1. The topological polar surface area (TPSA) is 46.2 Å². The van der Waals surface area contributed by atoms with Crippen LogP contribution >= 0.6 is 0 Å². The number of benzene rings is 2. The molecule has 0 aliphatic carbocycles. The van der Waals surface area contributed by atoms with Crippen LogP contribution in [0.15, 0.2) is 48.5 Å². The van der Waals surface area contributed by atoms with Gasteiger partial charge >= 0.3 is 0 Å². The van der Waals surface area contributed by atoms with Gasteiger partial charge in [0.1, 0.15) is 11.6 Å². The first kappa shape index (κ1) is 17.3. The molecule has 1 atom stereocenters. The van der Waals surface area contributed by atoms with Crippen molar-refractivity contribution < 1.29 is 13.4 Å². The van der Waals surface area contributed by atoms with Crippen LogP contribution in [0, 0.1) is 12.7 Å². The fourth-order valence-corrected chi connectivity index (χ4v) is 3.30. The Morgan fingerprint density at radius 2 is 1.83 bits per heavy atom. The summed E-state index contributed by atoms with van der Waals surface area (Å²) in [5, 5.41) is 2.79. The summed E-state index contributed by atoms with van der Waals surface area (Å²) < 4.78 is 24.8. The summed E-state index contributed by atoms with van der Waals surface area (Å²) >= 11 is 0. The summed E-state index contributed by atoms with van der Waals surface area (Å²) in [6.45, 7) is 2.56. The second-order valence-corrected chi connectivity index (χ2v) is 6.84. The van der Waals surface area contributed by atoms with E-state index in [1.807, 2.05) is 31.2 Å². The highest BCUT2D eigenvalue weighted by molar-refractivity contribution is 7.84. The van der Waals surface area contributed by atoms with Crippen molar-refractivity contribution >= 4 is 16.7 Å². The lowest BCUT2D eigenvalue weighted by Crippen LogP contribution is -2.30. The van der Waals surface area contributed by atoms with Gasteiger partial charge in [0.2, 0.25) is 5.91 Å². The maximum atomic E-state index is 12.8. The predicted octanol–water partition coefficient (Wildman–Crippen LogP) is 2.74. The summed E-state index contributed by atoms with van der Waals surface area (Å²) in [7, 11) is -1.29. The smallest absolute Gasteiger partial charge is 0.232 e. The lowest BCUT2D eigenvalue weighted by Gasteiger charge is -2.07. The minimum absolute atomic E-state index is 0.0366. The minimum Gasteiger partial charge on any atom is -0.355 e. The highest BCUT2D eigenvalue weighted by atomic mass is 32.2. The second-order valence-electron chi connectivity index (χ2n) is 5.38. The molecule has 122 valence electrons. The molecule has 0 aliphatic rings. The van der Waals surface area contributed by atoms with E-state index in [0.29, 0.717) is 6.54 Å². The second kappa shape index (κ2) is 8.58. The molecule has 5 heteroatoms. The van der Waals surface area contributed by atoms with Gasteiger partial charge in [0.05, 0.1) is 0 Å². The number of carbonyl (C=O) groups is 1. The number of amides is 1. The molecule has 1 N–H and O–H groups in total. The largest absolute Gasteiger partial charge is 0.355 e. The van der Waals surface area contributed by atoms with Crippen molar-refractivity contribution in [3.8, 4) is 0 Å². The molecule has 0 saturated carbocycles. The van der Waals surface area contributed by atoms with E-state index in [-0.39, 0.29) is 23.2 Å². The van der Waals surface area contributed by atoms with Crippen LogP contribution in [0.2, 0.25) is 0 Å². The van der Waals surface area contributed by atoms with Gasteiger partial charge < -0.3 is 5.32 Å². The zero-order chi connectivity index (χ0) is 16.7. The van der Waals surface area contributed by atoms with Gasteiger partial charge in [-0.15, -0.1) is 0 Å². The first-order valence-corrected chi connectivity index (χ1v) is 8.94. The number of nitrogens with one attached hydrogen (secondary N) is 1. The molecule has 3 nitrogen and oxygen atoms in total. The van der Waals surface area contributed by atoms with Crippen LogP contribution in [-0.2, 0) is 27.8 Å². The average molecular weight is 333 g/mol. The first-order valence-electron chi connectivity index (χ1n) is 7.45. The van der Waals surface area contributed by atoms with Gasteiger partial charge in [0.25, 0.3) is 0 Å². The lowest BCUT2D eigenvalue weighted by molar-refractivity contribution is -0.118. The van der Waals surface area contributed by atoms with Crippen LogP contribution in [0.1, 0.15) is 16.7 Å². The number of rotatable bonds is 7. The first-order chi connectivity index (χ1) is 11.0. The standard InChI is InChI=1S/C18H20FNO2S/c1-14-4-2-3-5-16(14)10-11-20-18(21)13-23(22)12-15-6-8-17(19)9-7-15/h2-9H,10-13H2,1H3,(H,20,21). The number of aryl methyl sites for hydroxylation is 1. The van der Waals surface area contributed by atoms with Crippen LogP contribution in [0.3, 0.4) is 0 Å². The van der Waals surface area contributed by atoms with E-state index in [2.05, 4.69) is 5.32 Å². The Morgan fingerprint density at radius 3 is 2.52 bits per heavy atom. The van der Waals surface area contributed by atoms with E-state index in [1.54, 1.807) is 12.1 Å². The molecule has 2 aromatic carbocycles. The van der Waals surface area contributed by atoms with Crippen LogP contribution < -0.4 is 5.32 Å². The van der Waals surface area contributed by atoms with Crippen LogP contribution in [0.5, 0.6) is 0 Å². The molecule has 1 amide bonds. The van der Waals surface area contributed by atoms with E-state index in [1.165, 1.54) is 23.3 Å². The van der Waals surface area contributed by atoms with Crippen molar-refractivity contribution in [2.45, 2.75) is 19.1 Å². The summed E-state index contributed by atoms with van der Waals surface area (Å²) in [5.74, 6) is -0.330. The maximum absolute atomic E-state index is 12.8. The SMILES string of the molecule is Cc1ccccc1CCNC(=O)CS(=O)Cc1ccc(F)cc1. The predicted molar refractivity (Wildman–Crippen MR) is 91.0 cm³/mol. The molecule has 0 radical (unpaired) electrons. The van der Waals surface area contributed by atoms with Gasteiger partial charge in [-0.2, -0.15) is 0 Å². The fraction of sp³-hybridized carbons (Fsp3) is 0.278. The quantitative estimate of drug-likeness (QED) is 0.847. The molecule has 0 fully saturated rings. The summed E-state index contributed by atoms with van der Waals surface area (Å²) in [5.41, 5.74) is 3.15. The number of hydrogen-bond donors (Lipinski definition) is 1. The molecular weight excluding hydrogens is 313 g/mol. The Bertz CT molecular complexity index is 686. The molecule has 0 aromatic heterocycles. The molecule has 0 saturated heterocycles. The molecule has 23 heavy (non-hydrogen) atoms. The van der Waals surface area contributed by atoms with Gasteiger partial charge in [-0.1, -0.05) is 36.4 Å². The molecule has 0 aliphatic heterocycles. The molecule has 0 heterocycles. The van der Waals surface area contributed by atoms with E-state index < -0.39 is 10.8 Å². The van der Waals surface area contributed by atoms with E-state index in [4.69, 9.17) is 0 Å². The summed E-state index contributed by atoms with van der Waals surface area (Å²) in [6.07, 6.45) is 0.753. The maximum Gasteiger partial charge on any atom is 0.232 e. The summed E-state index contributed by atoms with van der Waals surface area (Å²) in [6, 6.07) is 13.9. The Kier molecular flexibility index (Phi) is 6.47. The fourth-order valence-electron chi connectivity index (χ4n) is 2.24.